The second-order valence-electron chi connectivity index (χ2n) is 8.54. The fraction of sp³-hybridized carbons (Fsp3) is 0.619. The van der Waals surface area contributed by atoms with E-state index in [4.69, 9.17) is 15.0 Å². The van der Waals surface area contributed by atoms with E-state index in [1.54, 1.807) is 0 Å². The van der Waals surface area contributed by atoms with E-state index in [0.29, 0.717) is 48.8 Å². The molecule has 2 unspecified atom stereocenters. The minimum atomic E-state index is 0.377. The number of nitrogens with one attached hydrogen (secondary N) is 3. The van der Waals surface area contributed by atoms with Gasteiger partial charge in [-0.25, -0.2) is 0 Å². The summed E-state index contributed by atoms with van der Waals surface area (Å²) >= 11 is 0. The van der Waals surface area contributed by atoms with E-state index < -0.39 is 0 Å². The van der Waals surface area contributed by atoms with Crippen molar-refractivity contribution < 1.29 is 4.74 Å². The minimum Gasteiger partial charge on any atom is -0.477 e. The summed E-state index contributed by atoms with van der Waals surface area (Å²) in [6.45, 7) is 3.54. The number of piperidine rings is 1. The number of nitriles is 1. The second kappa shape index (κ2) is 8.11. The summed E-state index contributed by atoms with van der Waals surface area (Å²) in [5, 5.41) is 23.0. The Morgan fingerprint density at radius 3 is 2.87 bits per heavy atom. The van der Waals surface area contributed by atoms with E-state index in [2.05, 4.69) is 36.8 Å². The van der Waals surface area contributed by atoms with Crippen LogP contribution in [0.4, 0.5) is 17.6 Å². The first kappa shape index (κ1) is 19.1. The Morgan fingerprint density at radius 1 is 1.30 bits per heavy atom. The molecule has 2 aromatic rings. The lowest BCUT2D eigenvalue weighted by Gasteiger charge is -2.39. The summed E-state index contributed by atoms with van der Waals surface area (Å²) in [6, 6.07) is 5.72. The largest absolute Gasteiger partial charge is 0.477 e. The van der Waals surface area contributed by atoms with Crippen LogP contribution in [0.1, 0.15) is 49.8 Å². The normalized spacial score (nSPS) is 25.3. The maximum absolute atomic E-state index is 8.95. The first-order chi connectivity index (χ1) is 14.7. The predicted octanol–water partition coefficient (Wildman–Crippen LogP) is 2.90. The zero-order chi connectivity index (χ0) is 20.5. The average Bonchev–Trinajstić information content (AvgIpc) is 3.25. The average molecular weight is 409 g/mol. The van der Waals surface area contributed by atoms with Crippen LogP contribution in [0.25, 0.3) is 0 Å². The van der Waals surface area contributed by atoms with E-state index in [1.807, 2.05) is 13.0 Å². The molecule has 2 aromatic heterocycles. The van der Waals surface area contributed by atoms with E-state index in [0.717, 1.165) is 49.3 Å². The number of aromatic amines is 1. The van der Waals surface area contributed by atoms with Crippen molar-refractivity contribution in [2.24, 2.45) is 0 Å². The highest BCUT2D eigenvalue weighted by atomic mass is 16.5. The SMILES string of the molecule is Cc1cc(Nc2nc(NC3CC4CCC(C3)N4CCC#N)c3c(n2)OCCC3)n[nH]1. The van der Waals surface area contributed by atoms with Gasteiger partial charge in [-0.2, -0.15) is 20.3 Å². The van der Waals surface area contributed by atoms with Crippen molar-refractivity contribution in [2.75, 3.05) is 23.8 Å². The number of aryl methyl sites for hydroxylation is 1. The number of H-pyrrole nitrogens is 1. The van der Waals surface area contributed by atoms with Crippen LogP contribution in [0, 0.1) is 18.3 Å². The first-order valence-corrected chi connectivity index (χ1v) is 10.9. The van der Waals surface area contributed by atoms with Crippen molar-refractivity contribution in [2.45, 2.75) is 70.0 Å². The van der Waals surface area contributed by atoms with Gasteiger partial charge in [0.05, 0.1) is 18.2 Å². The Hall–Kier alpha value is -2.86. The van der Waals surface area contributed by atoms with Crippen LogP contribution in [0.2, 0.25) is 0 Å². The number of hydrogen-bond acceptors (Lipinski definition) is 8. The van der Waals surface area contributed by atoms with Crippen LogP contribution in [0.5, 0.6) is 5.88 Å². The molecule has 0 radical (unpaired) electrons. The van der Waals surface area contributed by atoms with Crippen molar-refractivity contribution in [3.8, 4) is 11.9 Å². The van der Waals surface area contributed by atoms with Crippen molar-refractivity contribution in [1.82, 2.24) is 25.1 Å². The highest BCUT2D eigenvalue weighted by Gasteiger charge is 2.40. The minimum absolute atomic E-state index is 0.377. The van der Waals surface area contributed by atoms with Crippen LogP contribution in [0.3, 0.4) is 0 Å². The maximum Gasteiger partial charge on any atom is 0.233 e. The van der Waals surface area contributed by atoms with Gasteiger partial charge in [-0.3, -0.25) is 10.00 Å². The molecule has 3 aliphatic rings. The third-order valence-corrected chi connectivity index (χ3v) is 6.43. The zero-order valence-corrected chi connectivity index (χ0v) is 17.3. The predicted molar refractivity (Wildman–Crippen MR) is 113 cm³/mol. The van der Waals surface area contributed by atoms with Gasteiger partial charge in [-0.05, 0) is 45.4 Å². The molecule has 0 aromatic carbocycles. The van der Waals surface area contributed by atoms with Crippen LogP contribution in [0.15, 0.2) is 6.07 Å². The molecule has 2 fully saturated rings. The van der Waals surface area contributed by atoms with Crippen LogP contribution < -0.4 is 15.4 Å². The Bertz CT molecular complexity index is 937. The smallest absolute Gasteiger partial charge is 0.233 e. The van der Waals surface area contributed by atoms with E-state index in [9.17, 15) is 0 Å². The second-order valence-corrected chi connectivity index (χ2v) is 8.54. The fourth-order valence-corrected chi connectivity index (χ4v) is 5.13. The fourth-order valence-electron chi connectivity index (χ4n) is 5.13. The molecule has 2 bridgehead atoms. The number of ether oxygens (including phenoxy) is 1. The number of hydrogen-bond donors (Lipinski definition) is 3. The van der Waals surface area contributed by atoms with Crippen LogP contribution in [-0.4, -0.2) is 56.3 Å². The number of nitrogens with zero attached hydrogens (tertiary/aromatic N) is 5. The monoisotopic (exact) mass is 408 g/mol. The molecule has 158 valence electrons. The van der Waals surface area contributed by atoms with Crippen molar-refractivity contribution >= 4 is 17.6 Å². The first-order valence-electron chi connectivity index (χ1n) is 10.9. The van der Waals surface area contributed by atoms with Gasteiger partial charge in [0.2, 0.25) is 11.8 Å². The van der Waals surface area contributed by atoms with E-state index in [-0.39, 0.29) is 0 Å². The molecule has 0 spiro atoms. The molecule has 5 rings (SSSR count). The summed E-state index contributed by atoms with van der Waals surface area (Å²) in [4.78, 5) is 11.9. The van der Waals surface area contributed by atoms with Gasteiger partial charge in [0.1, 0.15) is 5.82 Å². The third kappa shape index (κ3) is 3.79. The number of fused-ring (bicyclic) bond motifs is 3. The Labute approximate surface area is 176 Å². The van der Waals surface area contributed by atoms with Gasteiger partial charge in [0, 0.05) is 42.9 Å². The quantitative estimate of drug-likeness (QED) is 0.668. The summed E-state index contributed by atoms with van der Waals surface area (Å²) in [5.41, 5.74) is 2.05. The van der Waals surface area contributed by atoms with E-state index in [1.165, 1.54) is 12.8 Å². The molecule has 3 aliphatic heterocycles. The lowest BCUT2D eigenvalue weighted by molar-refractivity contribution is 0.135. The Morgan fingerprint density at radius 2 is 2.13 bits per heavy atom. The van der Waals surface area contributed by atoms with Gasteiger partial charge in [-0.1, -0.05) is 0 Å². The van der Waals surface area contributed by atoms with Crippen LogP contribution in [-0.2, 0) is 6.42 Å². The van der Waals surface area contributed by atoms with Crippen molar-refractivity contribution in [3.05, 3.63) is 17.3 Å². The lowest BCUT2D eigenvalue weighted by atomic mass is 9.96. The molecule has 30 heavy (non-hydrogen) atoms. The standard InChI is InChI=1S/C21H28N8O/c1-13-10-18(28-27-13)24-21-25-19(17-4-2-9-30-20(17)26-21)23-14-11-15-5-6-16(12-14)29(15)8-3-7-22/h10,14-16H,2-6,8-9,11-12H2,1H3,(H3,23,24,25,26,27,28). The molecule has 0 aliphatic carbocycles. The summed E-state index contributed by atoms with van der Waals surface area (Å²) < 4.78 is 5.85. The summed E-state index contributed by atoms with van der Waals surface area (Å²) in [7, 11) is 0. The molecular weight excluding hydrogens is 380 g/mol. The molecule has 2 atom stereocenters. The third-order valence-electron chi connectivity index (χ3n) is 6.43. The molecule has 9 nitrogen and oxygen atoms in total. The van der Waals surface area contributed by atoms with Crippen molar-refractivity contribution in [3.63, 3.8) is 0 Å². The van der Waals surface area contributed by atoms with Gasteiger partial charge in [-0.15, -0.1) is 0 Å². The summed E-state index contributed by atoms with van der Waals surface area (Å²) in [5.74, 6) is 2.74. The maximum atomic E-state index is 8.95. The topological polar surface area (TPSA) is 115 Å². The van der Waals surface area contributed by atoms with Crippen molar-refractivity contribution in [1.29, 1.82) is 5.26 Å². The highest BCUT2D eigenvalue weighted by molar-refractivity contribution is 5.58. The Balaban J connectivity index is 1.35. The molecule has 9 heteroatoms. The molecule has 5 heterocycles. The zero-order valence-electron chi connectivity index (χ0n) is 17.3. The number of aromatic nitrogens is 4. The van der Waals surface area contributed by atoms with Gasteiger partial charge in [0.15, 0.2) is 5.82 Å². The van der Waals surface area contributed by atoms with Gasteiger partial charge < -0.3 is 15.4 Å². The van der Waals surface area contributed by atoms with Gasteiger partial charge >= 0.3 is 0 Å². The Kier molecular flexibility index (Phi) is 5.17. The molecule has 3 N–H and O–H groups in total. The number of rotatable bonds is 6. The molecule has 2 saturated heterocycles. The molecule has 0 saturated carbocycles. The van der Waals surface area contributed by atoms with Gasteiger partial charge in [0.25, 0.3) is 0 Å². The molecule has 0 amide bonds. The molecular formula is C21H28N8O. The van der Waals surface area contributed by atoms with E-state index >= 15 is 0 Å². The van der Waals surface area contributed by atoms with Crippen LogP contribution >= 0.6 is 0 Å². The highest BCUT2D eigenvalue weighted by Crippen LogP contribution is 2.38. The lowest BCUT2D eigenvalue weighted by Crippen LogP contribution is -2.47. The number of anilines is 3. The summed E-state index contributed by atoms with van der Waals surface area (Å²) in [6.07, 6.45) is 7.14.